The molecule has 2 rings (SSSR count). The van der Waals surface area contributed by atoms with Crippen LogP contribution in [0, 0.1) is 5.82 Å². The second-order valence-electron chi connectivity index (χ2n) is 7.15. The number of guanidine groups is 1. The van der Waals surface area contributed by atoms with E-state index < -0.39 is 0 Å². The summed E-state index contributed by atoms with van der Waals surface area (Å²) >= 11 is 0. The molecule has 0 aromatic heterocycles. The third-order valence-electron chi connectivity index (χ3n) is 4.74. The van der Waals surface area contributed by atoms with Gasteiger partial charge in [-0.15, -0.1) is 0 Å². The predicted molar refractivity (Wildman–Crippen MR) is 109 cm³/mol. The van der Waals surface area contributed by atoms with Crippen LogP contribution in [0.3, 0.4) is 0 Å². The highest BCUT2D eigenvalue weighted by Crippen LogP contribution is 2.16. The third-order valence-corrected chi connectivity index (χ3v) is 4.74. The Morgan fingerprint density at radius 2 is 1.89 bits per heavy atom. The third kappa shape index (κ3) is 7.34. The van der Waals surface area contributed by atoms with Gasteiger partial charge in [-0.2, -0.15) is 0 Å². The minimum atomic E-state index is -0.342. The number of rotatable bonds is 8. The van der Waals surface area contributed by atoms with Crippen molar-refractivity contribution in [3.8, 4) is 5.75 Å². The molecular formula is C20H34FN5O. The first kappa shape index (κ1) is 21.4. The molecule has 27 heavy (non-hydrogen) atoms. The Morgan fingerprint density at radius 3 is 2.56 bits per heavy atom. The van der Waals surface area contributed by atoms with E-state index in [9.17, 15) is 4.39 Å². The standard InChI is InChI=1S/C20H34FN5O/c1-5-22-20(23-14-16(2)26-12-10-25(4)11-13-26)24-15-17(3)27-19-9-7-6-8-18(19)21/h6-9,16-17H,5,10-15H2,1-4H3,(H2,22,23,24). The van der Waals surface area contributed by atoms with E-state index in [-0.39, 0.29) is 17.7 Å². The van der Waals surface area contributed by atoms with Gasteiger partial charge >= 0.3 is 0 Å². The Kier molecular flexibility index (Phi) is 8.81. The zero-order valence-corrected chi connectivity index (χ0v) is 17.0. The minimum Gasteiger partial charge on any atom is -0.486 e. The lowest BCUT2D eigenvalue weighted by Gasteiger charge is -2.35. The lowest BCUT2D eigenvalue weighted by molar-refractivity contribution is 0.122. The van der Waals surface area contributed by atoms with Gasteiger partial charge in [-0.05, 0) is 40.0 Å². The Morgan fingerprint density at radius 1 is 1.19 bits per heavy atom. The Hall–Kier alpha value is -1.86. The molecule has 6 nitrogen and oxygen atoms in total. The first-order valence-electron chi connectivity index (χ1n) is 9.85. The second kappa shape index (κ2) is 11.1. The van der Waals surface area contributed by atoms with Crippen LogP contribution in [0.5, 0.6) is 5.75 Å². The Bertz CT molecular complexity index is 589. The van der Waals surface area contributed by atoms with Crippen molar-refractivity contribution in [3.63, 3.8) is 0 Å². The molecule has 2 N–H and O–H groups in total. The number of hydrogen-bond donors (Lipinski definition) is 2. The zero-order valence-electron chi connectivity index (χ0n) is 17.0. The van der Waals surface area contributed by atoms with Crippen LogP contribution < -0.4 is 15.4 Å². The quantitative estimate of drug-likeness (QED) is 0.533. The average molecular weight is 380 g/mol. The van der Waals surface area contributed by atoms with E-state index in [2.05, 4.69) is 34.4 Å². The van der Waals surface area contributed by atoms with Gasteiger partial charge in [-0.3, -0.25) is 9.89 Å². The number of nitrogens with one attached hydrogen (secondary N) is 2. The summed E-state index contributed by atoms with van der Waals surface area (Å²) in [6.07, 6.45) is -0.180. The van der Waals surface area contributed by atoms with Gasteiger partial charge in [0.15, 0.2) is 17.5 Å². The molecule has 1 saturated heterocycles. The molecule has 0 spiro atoms. The number of ether oxygens (including phenoxy) is 1. The molecule has 2 unspecified atom stereocenters. The lowest BCUT2D eigenvalue weighted by atomic mass is 10.2. The summed E-state index contributed by atoms with van der Waals surface area (Å²) < 4.78 is 19.4. The topological polar surface area (TPSA) is 52.1 Å². The zero-order chi connectivity index (χ0) is 19.6. The molecule has 1 aliphatic rings. The molecule has 0 amide bonds. The smallest absolute Gasteiger partial charge is 0.191 e. The Balaban J connectivity index is 1.81. The Labute approximate surface area is 162 Å². The van der Waals surface area contributed by atoms with Gasteiger partial charge in [0.2, 0.25) is 0 Å². The number of aliphatic imine (C=N–C) groups is 1. The average Bonchev–Trinajstić information content (AvgIpc) is 2.66. The molecule has 1 aromatic carbocycles. The van der Waals surface area contributed by atoms with Crippen molar-refractivity contribution in [1.29, 1.82) is 0 Å². The fourth-order valence-corrected chi connectivity index (χ4v) is 2.98. The molecule has 1 heterocycles. The first-order chi connectivity index (χ1) is 13.0. The van der Waals surface area contributed by atoms with Gasteiger partial charge in [0.1, 0.15) is 6.10 Å². The maximum Gasteiger partial charge on any atom is 0.191 e. The largest absolute Gasteiger partial charge is 0.486 e. The fraction of sp³-hybridized carbons (Fsp3) is 0.650. The maximum atomic E-state index is 13.7. The lowest BCUT2D eigenvalue weighted by Crippen LogP contribution is -2.49. The van der Waals surface area contributed by atoms with Crippen molar-refractivity contribution in [3.05, 3.63) is 30.1 Å². The predicted octanol–water partition coefficient (Wildman–Crippen LogP) is 1.78. The summed E-state index contributed by atoms with van der Waals surface area (Å²) in [4.78, 5) is 9.55. The summed E-state index contributed by atoms with van der Waals surface area (Å²) in [5.74, 6) is 0.700. The number of likely N-dealkylation sites (N-methyl/N-ethyl adjacent to an activating group) is 1. The summed E-state index contributed by atoms with van der Waals surface area (Å²) in [6.45, 7) is 12.6. The number of piperazine rings is 1. The molecule has 7 heteroatoms. The second-order valence-corrected chi connectivity index (χ2v) is 7.15. The van der Waals surface area contributed by atoms with Crippen LogP contribution >= 0.6 is 0 Å². The number of benzene rings is 1. The summed E-state index contributed by atoms with van der Waals surface area (Å²) in [5, 5.41) is 6.55. The number of hydrogen-bond acceptors (Lipinski definition) is 4. The van der Waals surface area contributed by atoms with Crippen LogP contribution in [0.15, 0.2) is 29.3 Å². The van der Waals surface area contributed by atoms with Gasteiger partial charge in [-0.1, -0.05) is 12.1 Å². The van der Waals surface area contributed by atoms with Crippen LogP contribution in [0.25, 0.3) is 0 Å². The van der Waals surface area contributed by atoms with E-state index in [1.54, 1.807) is 18.2 Å². The van der Waals surface area contributed by atoms with Crippen LogP contribution in [-0.4, -0.2) is 80.8 Å². The van der Waals surface area contributed by atoms with E-state index in [1.807, 2.05) is 13.8 Å². The van der Waals surface area contributed by atoms with Crippen molar-refractivity contribution in [1.82, 2.24) is 20.4 Å². The van der Waals surface area contributed by atoms with Gasteiger partial charge in [0.25, 0.3) is 0 Å². The van der Waals surface area contributed by atoms with Gasteiger partial charge in [0, 0.05) is 38.8 Å². The fourth-order valence-electron chi connectivity index (χ4n) is 2.98. The van der Waals surface area contributed by atoms with Gasteiger partial charge < -0.3 is 20.3 Å². The van der Waals surface area contributed by atoms with Gasteiger partial charge in [-0.25, -0.2) is 4.39 Å². The van der Waals surface area contributed by atoms with E-state index >= 15 is 0 Å². The molecule has 2 atom stereocenters. The monoisotopic (exact) mass is 379 g/mol. The molecule has 152 valence electrons. The van der Waals surface area contributed by atoms with Crippen LogP contribution in [-0.2, 0) is 0 Å². The molecule has 0 saturated carbocycles. The summed E-state index contributed by atoms with van der Waals surface area (Å²) in [5.41, 5.74) is 0. The van der Waals surface area contributed by atoms with E-state index in [0.29, 0.717) is 12.6 Å². The van der Waals surface area contributed by atoms with Crippen molar-refractivity contribution < 1.29 is 9.13 Å². The first-order valence-corrected chi connectivity index (χ1v) is 9.85. The molecule has 1 aromatic rings. The van der Waals surface area contributed by atoms with Crippen LogP contribution in [0.4, 0.5) is 4.39 Å². The van der Waals surface area contributed by atoms with E-state index in [4.69, 9.17) is 9.73 Å². The van der Waals surface area contributed by atoms with Crippen molar-refractivity contribution >= 4 is 5.96 Å². The summed E-state index contributed by atoms with van der Waals surface area (Å²) in [7, 11) is 2.16. The number of halogens is 1. The number of para-hydroxylation sites is 1. The number of nitrogens with zero attached hydrogens (tertiary/aromatic N) is 3. The van der Waals surface area contributed by atoms with Crippen molar-refractivity contribution in [2.24, 2.45) is 4.99 Å². The van der Waals surface area contributed by atoms with Crippen molar-refractivity contribution in [2.45, 2.75) is 32.9 Å². The molecule has 0 aliphatic carbocycles. The van der Waals surface area contributed by atoms with E-state index in [0.717, 1.165) is 45.2 Å². The normalized spacial score (nSPS) is 18.8. The van der Waals surface area contributed by atoms with E-state index in [1.165, 1.54) is 6.07 Å². The molecule has 1 aliphatic heterocycles. The van der Waals surface area contributed by atoms with Crippen LogP contribution in [0.2, 0.25) is 0 Å². The highest BCUT2D eigenvalue weighted by atomic mass is 19.1. The summed E-state index contributed by atoms with van der Waals surface area (Å²) in [6, 6.07) is 6.87. The van der Waals surface area contributed by atoms with Crippen molar-refractivity contribution in [2.75, 3.05) is 52.9 Å². The molecular weight excluding hydrogens is 345 g/mol. The van der Waals surface area contributed by atoms with Gasteiger partial charge in [0.05, 0.1) is 13.1 Å². The highest BCUT2D eigenvalue weighted by Gasteiger charge is 2.18. The molecule has 0 bridgehead atoms. The SMILES string of the molecule is CCNC(=NCC(C)N1CCN(C)CC1)NCC(C)Oc1ccccc1F. The molecule has 1 fully saturated rings. The minimum absolute atomic E-state index is 0.180. The molecule has 0 radical (unpaired) electrons. The highest BCUT2D eigenvalue weighted by molar-refractivity contribution is 5.79. The van der Waals surface area contributed by atoms with Crippen LogP contribution in [0.1, 0.15) is 20.8 Å². The maximum absolute atomic E-state index is 13.7.